The predicted molar refractivity (Wildman–Crippen MR) is 102 cm³/mol. The third-order valence-corrected chi connectivity index (χ3v) is 8.64. The molecule has 2 fully saturated rings. The molecule has 0 aromatic carbocycles. The largest absolute Gasteiger partial charge is 0.381 e. The second kappa shape index (κ2) is 5.78. The molecule has 0 aliphatic heterocycles. The number of carbonyl (C=O) groups excluding carboxylic acids is 2. The van der Waals surface area contributed by atoms with Crippen LogP contribution in [-0.2, 0) is 9.59 Å². The van der Waals surface area contributed by atoms with Crippen LogP contribution in [0.5, 0.6) is 0 Å². The minimum Gasteiger partial charge on any atom is -0.381 e. The Kier molecular flexibility index (Phi) is 4.10. The summed E-state index contributed by atoms with van der Waals surface area (Å²) in [6.45, 7) is 6.62. The molecular formula is C22H29ClO3. The lowest BCUT2D eigenvalue weighted by Crippen LogP contribution is -2.55. The first kappa shape index (κ1) is 18.4. The van der Waals surface area contributed by atoms with Crippen LogP contribution in [0.2, 0.25) is 0 Å². The summed E-state index contributed by atoms with van der Waals surface area (Å²) in [5.41, 5.74) is 0.984. The zero-order chi connectivity index (χ0) is 18.9. The lowest BCUT2D eigenvalue weighted by molar-refractivity contribution is -0.150. The quantitative estimate of drug-likeness (QED) is 0.579. The Morgan fingerprint density at radius 2 is 2.04 bits per heavy atom. The van der Waals surface area contributed by atoms with Gasteiger partial charge in [0.2, 0.25) is 0 Å². The molecule has 1 N–H and O–H groups in total. The standard InChI is InChI=1S/C22H29ClO3/c1-13-10-15-16(20(2)7-4-14(24)11-18(13)20)5-8-21(3)17(15)6-9-22(21,26)19(25)12-23/h5,11,13,15,17,26H,4,6-10,12H2,1-3H3/t13-,15?,17?,20?,21?,22?/m0/s1. The average Bonchev–Trinajstić information content (AvgIpc) is 2.88. The molecule has 4 aliphatic rings. The minimum atomic E-state index is -1.30. The molecule has 142 valence electrons. The summed E-state index contributed by atoms with van der Waals surface area (Å²) < 4.78 is 0. The SMILES string of the molecule is C[C@H]1CC2C(=CCC3(C)C2CCC3(O)C(=O)CCl)C2(C)CCC(=O)C=C12. The van der Waals surface area contributed by atoms with E-state index in [-0.39, 0.29) is 22.9 Å². The number of aliphatic hydroxyl groups is 1. The van der Waals surface area contributed by atoms with Crippen molar-refractivity contribution < 1.29 is 14.7 Å². The molecule has 0 bridgehead atoms. The lowest BCUT2D eigenvalue weighted by Gasteiger charge is -2.56. The monoisotopic (exact) mass is 376 g/mol. The highest BCUT2D eigenvalue weighted by Crippen LogP contribution is 2.66. The van der Waals surface area contributed by atoms with Gasteiger partial charge in [-0.3, -0.25) is 9.59 Å². The molecule has 0 radical (unpaired) electrons. The van der Waals surface area contributed by atoms with Gasteiger partial charge in [-0.15, -0.1) is 11.6 Å². The second-order valence-corrected chi connectivity index (χ2v) is 9.75. The second-order valence-electron chi connectivity index (χ2n) is 9.48. The van der Waals surface area contributed by atoms with Gasteiger partial charge in [0.05, 0.1) is 5.88 Å². The minimum absolute atomic E-state index is 0.0330. The number of alkyl halides is 1. The summed E-state index contributed by atoms with van der Waals surface area (Å²) in [5.74, 6) is 0.968. The molecular weight excluding hydrogens is 348 g/mol. The van der Waals surface area contributed by atoms with Gasteiger partial charge in [0.25, 0.3) is 0 Å². The van der Waals surface area contributed by atoms with Crippen LogP contribution in [0, 0.1) is 28.6 Å². The smallest absolute Gasteiger partial charge is 0.179 e. The molecule has 0 aromatic rings. The molecule has 6 atom stereocenters. The van der Waals surface area contributed by atoms with E-state index in [0.717, 1.165) is 19.3 Å². The Hall–Kier alpha value is -0.930. The van der Waals surface area contributed by atoms with Gasteiger partial charge in [-0.25, -0.2) is 0 Å². The van der Waals surface area contributed by atoms with E-state index in [0.29, 0.717) is 37.0 Å². The number of fused-ring (bicyclic) bond motifs is 5. The summed E-state index contributed by atoms with van der Waals surface area (Å²) >= 11 is 5.84. The van der Waals surface area contributed by atoms with Gasteiger partial charge in [-0.2, -0.15) is 0 Å². The first-order chi connectivity index (χ1) is 12.2. The van der Waals surface area contributed by atoms with Gasteiger partial charge in [-0.1, -0.05) is 38.0 Å². The lowest BCUT2D eigenvalue weighted by atomic mass is 9.49. The van der Waals surface area contributed by atoms with Gasteiger partial charge in [-0.05, 0) is 55.9 Å². The fourth-order valence-electron chi connectivity index (χ4n) is 6.85. The van der Waals surface area contributed by atoms with Crippen LogP contribution in [0.3, 0.4) is 0 Å². The first-order valence-corrected chi connectivity index (χ1v) is 10.5. The zero-order valence-corrected chi connectivity index (χ0v) is 16.7. The summed E-state index contributed by atoms with van der Waals surface area (Å²) in [4.78, 5) is 24.5. The van der Waals surface area contributed by atoms with Crippen molar-refractivity contribution in [2.45, 2.75) is 64.9 Å². The van der Waals surface area contributed by atoms with Crippen molar-refractivity contribution in [1.29, 1.82) is 0 Å². The van der Waals surface area contributed by atoms with Crippen molar-refractivity contribution in [3.63, 3.8) is 0 Å². The van der Waals surface area contributed by atoms with Crippen LogP contribution in [-0.4, -0.2) is 28.2 Å². The topological polar surface area (TPSA) is 54.4 Å². The molecule has 4 rings (SSSR count). The molecule has 26 heavy (non-hydrogen) atoms. The van der Waals surface area contributed by atoms with E-state index in [4.69, 9.17) is 11.6 Å². The number of hydrogen-bond donors (Lipinski definition) is 1. The number of halogens is 1. The number of rotatable bonds is 2. The third-order valence-electron chi connectivity index (χ3n) is 8.39. The van der Waals surface area contributed by atoms with E-state index in [2.05, 4.69) is 26.8 Å². The number of Topliss-reactive ketones (excluding diaryl/α,β-unsaturated/α-hetero) is 1. The maximum Gasteiger partial charge on any atom is 0.179 e. The van der Waals surface area contributed by atoms with Crippen LogP contribution in [0.25, 0.3) is 0 Å². The highest BCUT2D eigenvalue weighted by atomic mass is 35.5. The fraction of sp³-hybridized carbons (Fsp3) is 0.727. The molecule has 4 aliphatic carbocycles. The van der Waals surface area contributed by atoms with Crippen molar-refractivity contribution in [2.75, 3.05) is 5.88 Å². The van der Waals surface area contributed by atoms with Crippen molar-refractivity contribution in [2.24, 2.45) is 28.6 Å². The fourth-order valence-corrected chi connectivity index (χ4v) is 7.07. The third kappa shape index (κ3) is 2.16. The zero-order valence-electron chi connectivity index (χ0n) is 16.0. The molecule has 4 heteroatoms. The predicted octanol–water partition coefficient (Wildman–Crippen LogP) is 4.22. The molecule has 5 unspecified atom stereocenters. The van der Waals surface area contributed by atoms with E-state index in [1.54, 1.807) is 0 Å². The van der Waals surface area contributed by atoms with E-state index in [1.165, 1.54) is 11.1 Å². The van der Waals surface area contributed by atoms with Crippen LogP contribution in [0.1, 0.15) is 59.3 Å². The molecule has 0 aromatic heterocycles. The van der Waals surface area contributed by atoms with Crippen LogP contribution in [0.15, 0.2) is 23.3 Å². The Morgan fingerprint density at radius 1 is 1.31 bits per heavy atom. The Balaban J connectivity index is 1.79. The Labute approximate surface area is 160 Å². The Morgan fingerprint density at radius 3 is 2.73 bits per heavy atom. The maximum atomic E-state index is 12.5. The number of allylic oxidation sites excluding steroid dienone is 4. The molecule has 0 heterocycles. The van der Waals surface area contributed by atoms with Gasteiger partial charge in [0.15, 0.2) is 11.6 Å². The highest BCUT2D eigenvalue weighted by Gasteiger charge is 2.64. The number of ketones is 2. The van der Waals surface area contributed by atoms with Crippen molar-refractivity contribution in [3.8, 4) is 0 Å². The molecule has 2 saturated carbocycles. The van der Waals surface area contributed by atoms with Gasteiger partial charge < -0.3 is 5.11 Å². The summed E-state index contributed by atoms with van der Waals surface area (Å²) in [6.07, 6.45) is 8.82. The highest BCUT2D eigenvalue weighted by molar-refractivity contribution is 6.29. The van der Waals surface area contributed by atoms with E-state index >= 15 is 0 Å². The number of hydrogen-bond acceptors (Lipinski definition) is 3. The van der Waals surface area contributed by atoms with Gasteiger partial charge in [0.1, 0.15) is 5.60 Å². The number of carbonyl (C=O) groups is 2. The van der Waals surface area contributed by atoms with E-state index in [1.807, 2.05) is 6.08 Å². The normalized spacial score (nSPS) is 47.4. The van der Waals surface area contributed by atoms with Crippen molar-refractivity contribution in [1.82, 2.24) is 0 Å². The first-order valence-electron chi connectivity index (χ1n) is 9.94. The summed E-state index contributed by atoms with van der Waals surface area (Å²) in [5, 5.41) is 11.3. The maximum absolute atomic E-state index is 12.5. The molecule has 0 spiro atoms. The van der Waals surface area contributed by atoms with Crippen LogP contribution in [0.4, 0.5) is 0 Å². The Bertz CT molecular complexity index is 738. The van der Waals surface area contributed by atoms with Crippen molar-refractivity contribution >= 4 is 23.2 Å². The van der Waals surface area contributed by atoms with Crippen molar-refractivity contribution in [3.05, 3.63) is 23.3 Å². The van der Waals surface area contributed by atoms with Gasteiger partial charge >= 0.3 is 0 Å². The molecule has 0 amide bonds. The van der Waals surface area contributed by atoms with Gasteiger partial charge in [0, 0.05) is 17.3 Å². The molecule has 0 saturated heterocycles. The van der Waals surface area contributed by atoms with Crippen LogP contribution >= 0.6 is 11.6 Å². The summed E-state index contributed by atoms with van der Waals surface area (Å²) in [7, 11) is 0. The average molecular weight is 377 g/mol. The summed E-state index contributed by atoms with van der Waals surface area (Å²) in [6, 6.07) is 0. The van der Waals surface area contributed by atoms with Crippen LogP contribution < -0.4 is 0 Å². The van der Waals surface area contributed by atoms with E-state index < -0.39 is 11.0 Å². The van der Waals surface area contributed by atoms with E-state index in [9.17, 15) is 14.7 Å². The molecule has 3 nitrogen and oxygen atoms in total.